The maximum absolute atomic E-state index is 13.2. The Balaban J connectivity index is 1.74. The average Bonchev–Trinajstić information content (AvgIpc) is 3.00. The van der Waals surface area contributed by atoms with Crippen LogP contribution in [0.3, 0.4) is 0 Å². The van der Waals surface area contributed by atoms with Gasteiger partial charge in [-0.15, -0.1) is 0 Å². The first kappa shape index (κ1) is 31.4. The molecule has 0 saturated carbocycles. The lowest BCUT2D eigenvalue weighted by Crippen LogP contribution is -2.68. The number of rotatable bonds is 11. The van der Waals surface area contributed by atoms with Crippen molar-refractivity contribution in [1.82, 2.24) is 0 Å². The fraction of sp³-hybridized carbons (Fsp3) is 0.406. The summed E-state index contributed by atoms with van der Waals surface area (Å²) in [4.78, 5) is 16.2. The Hall–Kier alpha value is -3.50. The Morgan fingerprint density at radius 2 is 1.48 bits per heavy atom. The van der Waals surface area contributed by atoms with Crippen LogP contribution in [-0.4, -0.2) is 65.3 Å². The molecular weight excluding hydrogens is 550 g/mol. The summed E-state index contributed by atoms with van der Waals surface area (Å²) in [5, 5.41) is 5.90. The van der Waals surface area contributed by atoms with Gasteiger partial charge in [0.25, 0.3) is 8.32 Å². The first-order valence-electron chi connectivity index (χ1n) is 14.1. The molecule has 2 unspecified atom stereocenters. The second kappa shape index (κ2) is 14.1. The zero-order valence-electron chi connectivity index (χ0n) is 24.8. The molecule has 3 aromatic carbocycles. The highest BCUT2D eigenvalue weighted by Crippen LogP contribution is 2.38. The molecule has 0 amide bonds. The van der Waals surface area contributed by atoms with E-state index in [0.29, 0.717) is 12.2 Å². The lowest BCUT2D eigenvalue weighted by molar-refractivity contribution is -0.267. The highest BCUT2D eigenvalue weighted by atomic mass is 28.4. The van der Waals surface area contributed by atoms with Crippen LogP contribution in [0.2, 0.25) is 5.04 Å². The number of methoxy groups -OCH3 is 1. The number of nitrogens with zero attached hydrogens (tertiary/aromatic N) is 3. The van der Waals surface area contributed by atoms with E-state index in [1.165, 1.54) is 7.11 Å². The molecule has 0 bridgehead atoms. The van der Waals surface area contributed by atoms with Gasteiger partial charge in [-0.05, 0) is 40.0 Å². The van der Waals surface area contributed by atoms with Gasteiger partial charge in [0.05, 0.1) is 12.2 Å². The van der Waals surface area contributed by atoms with Gasteiger partial charge in [0.15, 0.2) is 6.29 Å². The molecule has 3 aromatic rings. The van der Waals surface area contributed by atoms with Gasteiger partial charge in [0, 0.05) is 18.6 Å². The van der Waals surface area contributed by atoms with Gasteiger partial charge in [-0.25, -0.2) is 4.79 Å². The number of benzene rings is 3. The topological polar surface area (TPSA) is 112 Å². The third-order valence-electron chi connectivity index (χ3n) is 7.54. The maximum atomic E-state index is 13.2. The first-order valence-corrected chi connectivity index (χ1v) is 16.0. The van der Waals surface area contributed by atoms with E-state index in [-0.39, 0.29) is 11.6 Å². The number of carbonyl (C=O) groups is 1. The van der Waals surface area contributed by atoms with Gasteiger partial charge < -0.3 is 23.4 Å². The maximum Gasteiger partial charge on any atom is 0.338 e. The number of ether oxygens (including phenoxy) is 4. The monoisotopic (exact) mass is 589 g/mol. The largest absolute Gasteiger partial charge is 0.455 e. The van der Waals surface area contributed by atoms with E-state index in [1.807, 2.05) is 49.4 Å². The van der Waals surface area contributed by atoms with Gasteiger partial charge in [0.1, 0.15) is 24.4 Å². The van der Waals surface area contributed by atoms with Crippen LogP contribution in [-0.2, 0) is 23.4 Å². The van der Waals surface area contributed by atoms with Crippen molar-refractivity contribution in [3.05, 3.63) is 107 Å². The van der Waals surface area contributed by atoms with Gasteiger partial charge in [-0.1, -0.05) is 105 Å². The second-order valence-corrected chi connectivity index (χ2v) is 15.4. The fourth-order valence-electron chi connectivity index (χ4n) is 5.66. The van der Waals surface area contributed by atoms with Crippen molar-refractivity contribution in [2.75, 3.05) is 20.3 Å². The second-order valence-electron chi connectivity index (χ2n) is 11.1. The summed E-state index contributed by atoms with van der Waals surface area (Å²) in [7, 11) is -1.41. The van der Waals surface area contributed by atoms with Crippen molar-refractivity contribution in [3.63, 3.8) is 0 Å². The Morgan fingerprint density at radius 1 is 0.929 bits per heavy atom. The summed E-state index contributed by atoms with van der Waals surface area (Å²) in [6.07, 6.45) is -3.47. The van der Waals surface area contributed by atoms with Crippen LogP contribution in [0.25, 0.3) is 10.4 Å². The molecule has 0 spiro atoms. The molecule has 1 aliphatic rings. The molecule has 0 aliphatic carbocycles. The minimum atomic E-state index is -2.92. The molecule has 42 heavy (non-hydrogen) atoms. The van der Waals surface area contributed by atoms with E-state index in [2.05, 4.69) is 55.1 Å². The molecule has 4 rings (SSSR count). The normalized spacial score (nSPS) is 22.6. The minimum Gasteiger partial charge on any atom is -0.455 e. The van der Waals surface area contributed by atoms with Crippen LogP contribution in [0.4, 0.5) is 0 Å². The Bertz CT molecular complexity index is 1290. The van der Waals surface area contributed by atoms with Crippen LogP contribution in [0.1, 0.15) is 38.1 Å². The summed E-state index contributed by atoms with van der Waals surface area (Å²) >= 11 is 0. The van der Waals surface area contributed by atoms with Crippen molar-refractivity contribution < 1.29 is 28.2 Å². The van der Waals surface area contributed by atoms with Crippen molar-refractivity contribution in [1.29, 1.82) is 0 Å². The number of esters is 1. The van der Waals surface area contributed by atoms with E-state index in [1.54, 1.807) is 24.3 Å². The van der Waals surface area contributed by atoms with Gasteiger partial charge in [-0.3, -0.25) is 0 Å². The molecule has 1 saturated heterocycles. The van der Waals surface area contributed by atoms with Gasteiger partial charge in [-0.2, -0.15) is 0 Å². The molecular formula is C32H39N3O6Si. The van der Waals surface area contributed by atoms with E-state index >= 15 is 0 Å². The van der Waals surface area contributed by atoms with E-state index in [4.69, 9.17) is 23.4 Å². The van der Waals surface area contributed by atoms with E-state index in [0.717, 1.165) is 10.4 Å². The molecule has 9 nitrogen and oxygen atoms in total. The van der Waals surface area contributed by atoms with Crippen molar-refractivity contribution >= 4 is 24.7 Å². The van der Waals surface area contributed by atoms with Crippen LogP contribution >= 0.6 is 0 Å². The van der Waals surface area contributed by atoms with Crippen molar-refractivity contribution in [2.45, 2.75) is 63.4 Å². The molecule has 1 aliphatic heterocycles. The molecule has 0 radical (unpaired) electrons. The zero-order valence-corrected chi connectivity index (χ0v) is 25.8. The van der Waals surface area contributed by atoms with Gasteiger partial charge in [0.2, 0.25) is 0 Å². The fourth-order valence-corrected chi connectivity index (χ4v) is 10.2. The van der Waals surface area contributed by atoms with E-state index in [9.17, 15) is 10.3 Å². The quantitative estimate of drug-likeness (QED) is 0.0994. The highest BCUT2D eigenvalue weighted by Gasteiger charge is 2.53. The average molecular weight is 590 g/mol. The first-order chi connectivity index (χ1) is 20.3. The molecule has 222 valence electrons. The molecule has 5 atom stereocenters. The molecule has 0 N–H and O–H groups in total. The van der Waals surface area contributed by atoms with Crippen LogP contribution in [0.5, 0.6) is 0 Å². The summed E-state index contributed by atoms with van der Waals surface area (Å²) in [5.74, 6) is -0.565. The van der Waals surface area contributed by atoms with Gasteiger partial charge >= 0.3 is 5.97 Å². The number of hydrogen-bond donors (Lipinski definition) is 0. The predicted octanol–water partition coefficient (Wildman–Crippen LogP) is 5.24. The predicted molar refractivity (Wildman–Crippen MR) is 163 cm³/mol. The van der Waals surface area contributed by atoms with Crippen LogP contribution < -0.4 is 10.4 Å². The third-order valence-corrected chi connectivity index (χ3v) is 12.5. The third kappa shape index (κ3) is 6.60. The number of azide groups is 1. The lowest BCUT2D eigenvalue weighted by atomic mass is 9.97. The van der Waals surface area contributed by atoms with Crippen LogP contribution in [0, 0.1) is 0 Å². The smallest absolute Gasteiger partial charge is 0.338 e. The SMILES string of the molecule is CCO[C@@H]1OC(CO[Si](c2ccccc2)(c2ccccc2)C(C)(C)C)[C@@H](OC)[C@H](OC(=O)c2ccccc2)C1N=[N+]=[N-]. The summed E-state index contributed by atoms with van der Waals surface area (Å²) in [5.41, 5.74) is 9.76. The summed E-state index contributed by atoms with van der Waals surface area (Å²) in [6.45, 7) is 8.82. The molecule has 0 aromatic heterocycles. The standard InChI is InChI=1S/C32H39N3O6Si/c1-6-38-31-27(34-35-33)29(41-30(36)23-16-10-7-11-17-23)28(37-5)26(40-31)22-39-42(32(2,3)4,24-18-12-8-13-19-24)25-20-14-9-15-21-25/h7-21,26-29,31H,6,22H2,1-5H3/t26?,27?,28-,29-,31-/m1/s1. The minimum absolute atomic E-state index is 0.123. The van der Waals surface area contributed by atoms with Crippen molar-refractivity contribution in [3.8, 4) is 0 Å². The molecule has 1 fully saturated rings. The Morgan fingerprint density at radius 3 is 1.95 bits per heavy atom. The Kier molecular flexibility index (Phi) is 10.6. The zero-order chi connectivity index (χ0) is 30.2. The number of carbonyl (C=O) groups excluding carboxylic acids is 1. The number of hydrogen-bond acceptors (Lipinski definition) is 7. The molecule has 1 heterocycles. The summed E-state index contributed by atoms with van der Waals surface area (Å²) in [6, 6.07) is 28.2. The molecule has 10 heteroatoms. The summed E-state index contributed by atoms with van der Waals surface area (Å²) < 4.78 is 31.3. The lowest BCUT2D eigenvalue weighted by Gasteiger charge is -2.47. The van der Waals surface area contributed by atoms with E-state index < -0.39 is 44.9 Å². The Labute approximate surface area is 248 Å². The highest BCUT2D eigenvalue weighted by molar-refractivity contribution is 6.99. The van der Waals surface area contributed by atoms with Crippen molar-refractivity contribution in [2.24, 2.45) is 5.11 Å². The van der Waals surface area contributed by atoms with Crippen LogP contribution in [0.15, 0.2) is 96.1 Å².